The molecule has 2 aromatic carbocycles. The van der Waals surface area contributed by atoms with Crippen LogP contribution in [0.15, 0.2) is 42.5 Å². The lowest BCUT2D eigenvalue weighted by atomic mass is 10.0. The molecular formula is C19H20F2N2O3. The minimum absolute atomic E-state index is 0.299. The van der Waals surface area contributed by atoms with Crippen molar-refractivity contribution in [3.63, 3.8) is 0 Å². The Morgan fingerprint density at radius 1 is 1.00 bits per heavy atom. The summed E-state index contributed by atoms with van der Waals surface area (Å²) in [5, 5.41) is 5.07. The van der Waals surface area contributed by atoms with Crippen molar-refractivity contribution in [3.05, 3.63) is 59.7 Å². The number of anilines is 1. The van der Waals surface area contributed by atoms with Gasteiger partial charge in [-0.25, -0.2) is 8.78 Å². The Morgan fingerprint density at radius 2 is 1.58 bits per heavy atom. The molecule has 0 aliphatic rings. The van der Waals surface area contributed by atoms with Crippen molar-refractivity contribution in [1.82, 2.24) is 5.32 Å². The van der Waals surface area contributed by atoms with Crippen LogP contribution in [0.2, 0.25) is 0 Å². The number of rotatable bonds is 6. The first kappa shape index (κ1) is 19.4. The molecule has 0 fully saturated rings. The van der Waals surface area contributed by atoms with Crippen molar-refractivity contribution in [1.29, 1.82) is 0 Å². The summed E-state index contributed by atoms with van der Waals surface area (Å²) in [6, 6.07) is 8.81. The predicted molar refractivity (Wildman–Crippen MR) is 94.1 cm³/mol. The molecule has 2 N–H and O–H groups in total. The SMILES string of the molecule is COc1ccc(NC(=O)[C@@H](NC(=O)c2c(F)cccc2F)C(C)C)cc1. The zero-order valence-electron chi connectivity index (χ0n) is 14.7. The third kappa shape index (κ3) is 4.56. The lowest BCUT2D eigenvalue weighted by Gasteiger charge is -2.22. The van der Waals surface area contributed by atoms with E-state index in [0.29, 0.717) is 11.4 Å². The van der Waals surface area contributed by atoms with E-state index in [1.165, 1.54) is 7.11 Å². The van der Waals surface area contributed by atoms with Crippen molar-refractivity contribution in [2.45, 2.75) is 19.9 Å². The van der Waals surface area contributed by atoms with E-state index in [0.717, 1.165) is 18.2 Å². The lowest BCUT2D eigenvalue weighted by molar-refractivity contribution is -0.118. The number of ether oxygens (including phenoxy) is 1. The molecule has 0 aliphatic heterocycles. The first-order valence-corrected chi connectivity index (χ1v) is 8.03. The first-order valence-electron chi connectivity index (χ1n) is 8.03. The van der Waals surface area contributed by atoms with Crippen LogP contribution in [0.3, 0.4) is 0 Å². The second kappa shape index (κ2) is 8.42. The number of halogens is 2. The van der Waals surface area contributed by atoms with Crippen molar-refractivity contribution >= 4 is 17.5 Å². The van der Waals surface area contributed by atoms with Crippen LogP contribution in [0, 0.1) is 17.6 Å². The van der Waals surface area contributed by atoms with Gasteiger partial charge in [0.05, 0.1) is 7.11 Å². The number of hydrogen-bond acceptors (Lipinski definition) is 3. The molecule has 0 saturated heterocycles. The van der Waals surface area contributed by atoms with E-state index in [4.69, 9.17) is 4.74 Å². The van der Waals surface area contributed by atoms with E-state index in [-0.39, 0.29) is 5.92 Å². The molecule has 7 heteroatoms. The summed E-state index contributed by atoms with van der Waals surface area (Å²) in [4.78, 5) is 24.8. The van der Waals surface area contributed by atoms with E-state index >= 15 is 0 Å². The number of methoxy groups -OCH3 is 1. The first-order chi connectivity index (χ1) is 12.3. The Balaban J connectivity index is 2.14. The van der Waals surface area contributed by atoms with Gasteiger partial charge in [0.15, 0.2) is 0 Å². The second-order valence-electron chi connectivity index (χ2n) is 6.01. The number of hydrogen-bond donors (Lipinski definition) is 2. The lowest BCUT2D eigenvalue weighted by Crippen LogP contribution is -2.47. The molecule has 138 valence electrons. The van der Waals surface area contributed by atoms with Crippen molar-refractivity contribution in [2.75, 3.05) is 12.4 Å². The standard InChI is InChI=1S/C19H20F2N2O3/c1-11(2)17(19(25)22-12-7-9-13(26-3)10-8-12)23-18(24)16-14(20)5-4-6-15(16)21/h4-11,17H,1-3H3,(H,22,25)(H,23,24)/t17-/m0/s1. The fourth-order valence-corrected chi connectivity index (χ4v) is 2.36. The average molecular weight is 362 g/mol. The molecule has 0 spiro atoms. The third-order valence-corrected chi connectivity index (χ3v) is 3.78. The van der Waals surface area contributed by atoms with Crippen LogP contribution >= 0.6 is 0 Å². The number of carbonyl (C=O) groups excluding carboxylic acids is 2. The maximum Gasteiger partial charge on any atom is 0.257 e. The number of amides is 2. The molecule has 5 nitrogen and oxygen atoms in total. The van der Waals surface area contributed by atoms with Gasteiger partial charge in [0.2, 0.25) is 5.91 Å². The normalized spacial score (nSPS) is 11.8. The van der Waals surface area contributed by atoms with Gasteiger partial charge in [-0.1, -0.05) is 19.9 Å². The summed E-state index contributed by atoms with van der Waals surface area (Å²) in [6.07, 6.45) is 0. The molecule has 2 aromatic rings. The molecular weight excluding hydrogens is 342 g/mol. The van der Waals surface area contributed by atoms with Gasteiger partial charge < -0.3 is 15.4 Å². The summed E-state index contributed by atoms with van der Waals surface area (Å²) in [6.45, 7) is 3.44. The van der Waals surface area contributed by atoms with Crippen LogP contribution in [0.25, 0.3) is 0 Å². The molecule has 1 atom stereocenters. The van der Waals surface area contributed by atoms with Gasteiger partial charge in [-0.05, 0) is 42.3 Å². The van der Waals surface area contributed by atoms with Crippen molar-refractivity contribution in [2.24, 2.45) is 5.92 Å². The highest BCUT2D eigenvalue weighted by Crippen LogP contribution is 2.17. The largest absolute Gasteiger partial charge is 0.497 e. The van der Waals surface area contributed by atoms with Gasteiger partial charge in [-0.2, -0.15) is 0 Å². The molecule has 0 radical (unpaired) electrons. The average Bonchev–Trinajstić information content (AvgIpc) is 2.59. The summed E-state index contributed by atoms with van der Waals surface area (Å²) < 4.78 is 32.6. The van der Waals surface area contributed by atoms with Gasteiger partial charge in [-0.3, -0.25) is 9.59 Å². The maximum absolute atomic E-state index is 13.8. The fourth-order valence-electron chi connectivity index (χ4n) is 2.36. The Hall–Kier alpha value is -2.96. The molecule has 0 unspecified atom stereocenters. The highest BCUT2D eigenvalue weighted by Gasteiger charge is 2.27. The molecule has 0 aromatic heterocycles. The molecule has 0 heterocycles. The summed E-state index contributed by atoms with van der Waals surface area (Å²) in [5.41, 5.74) is -0.205. The minimum atomic E-state index is -0.986. The maximum atomic E-state index is 13.8. The Bertz CT molecular complexity index is 772. The quantitative estimate of drug-likeness (QED) is 0.828. The molecule has 0 aliphatic carbocycles. The fraction of sp³-hybridized carbons (Fsp3) is 0.263. The monoisotopic (exact) mass is 362 g/mol. The Kier molecular flexibility index (Phi) is 6.27. The molecule has 2 amide bonds. The van der Waals surface area contributed by atoms with Gasteiger partial charge >= 0.3 is 0 Å². The smallest absolute Gasteiger partial charge is 0.257 e. The van der Waals surface area contributed by atoms with Gasteiger partial charge in [-0.15, -0.1) is 0 Å². The van der Waals surface area contributed by atoms with Crippen LogP contribution in [0.1, 0.15) is 24.2 Å². The summed E-state index contributed by atoms with van der Waals surface area (Å²) >= 11 is 0. The minimum Gasteiger partial charge on any atom is -0.497 e. The number of carbonyl (C=O) groups is 2. The molecule has 2 rings (SSSR count). The third-order valence-electron chi connectivity index (χ3n) is 3.78. The van der Waals surface area contributed by atoms with E-state index in [1.54, 1.807) is 38.1 Å². The van der Waals surface area contributed by atoms with Gasteiger partial charge in [0.25, 0.3) is 5.91 Å². The van der Waals surface area contributed by atoms with Crippen LogP contribution in [0.4, 0.5) is 14.5 Å². The van der Waals surface area contributed by atoms with E-state index in [2.05, 4.69) is 10.6 Å². The zero-order valence-corrected chi connectivity index (χ0v) is 14.7. The van der Waals surface area contributed by atoms with Crippen molar-refractivity contribution < 1.29 is 23.1 Å². The van der Waals surface area contributed by atoms with Crippen molar-refractivity contribution in [3.8, 4) is 5.75 Å². The molecule has 0 saturated carbocycles. The van der Waals surface area contributed by atoms with E-state index < -0.39 is 35.1 Å². The Morgan fingerprint density at radius 3 is 2.08 bits per heavy atom. The second-order valence-corrected chi connectivity index (χ2v) is 6.01. The summed E-state index contributed by atoms with van der Waals surface area (Å²) in [5.74, 6) is -3.11. The topological polar surface area (TPSA) is 67.4 Å². The highest BCUT2D eigenvalue weighted by atomic mass is 19.1. The Labute approximate surface area is 150 Å². The highest BCUT2D eigenvalue weighted by molar-refractivity contribution is 6.01. The molecule has 26 heavy (non-hydrogen) atoms. The van der Waals surface area contributed by atoms with Crippen LogP contribution < -0.4 is 15.4 Å². The summed E-state index contributed by atoms with van der Waals surface area (Å²) in [7, 11) is 1.53. The predicted octanol–water partition coefficient (Wildman–Crippen LogP) is 3.37. The molecule has 0 bridgehead atoms. The van der Waals surface area contributed by atoms with Crippen LogP contribution in [0.5, 0.6) is 5.75 Å². The van der Waals surface area contributed by atoms with Gasteiger partial charge in [0.1, 0.15) is 29.0 Å². The number of benzene rings is 2. The van der Waals surface area contributed by atoms with Crippen LogP contribution in [-0.4, -0.2) is 25.0 Å². The van der Waals surface area contributed by atoms with Crippen LogP contribution in [-0.2, 0) is 4.79 Å². The van der Waals surface area contributed by atoms with Gasteiger partial charge in [0, 0.05) is 5.69 Å². The number of nitrogens with one attached hydrogen (secondary N) is 2. The zero-order chi connectivity index (χ0) is 19.3. The van der Waals surface area contributed by atoms with E-state index in [9.17, 15) is 18.4 Å². The van der Waals surface area contributed by atoms with E-state index in [1.807, 2.05) is 0 Å².